The molecule has 47 heavy (non-hydrogen) atoms. The summed E-state index contributed by atoms with van der Waals surface area (Å²) in [6.45, 7) is 0. The maximum Gasteiger partial charge on any atom is 0.143 e. The molecule has 220 valence electrons. The van der Waals surface area contributed by atoms with Crippen LogP contribution in [0.1, 0.15) is 0 Å². The first-order valence-electron chi connectivity index (χ1n) is 15.9. The zero-order valence-electron chi connectivity index (χ0n) is 25.4. The van der Waals surface area contributed by atoms with Crippen molar-refractivity contribution in [3.8, 4) is 11.1 Å². The Morgan fingerprint density at radius 1 is 0.362 bits per heavy atom. The smallest absolute Gasteiger partial charge is 0.143 e. The van der Waals surface area contributed by atoms with Gasteiger partial charge in [0.05, 0.1) is 11.4 Å². The highest BCUT2D eigenvalue weighted by Gasteiger charge is 2.23. The van der Waals surface area contributed by atoms with Gasteiger partial charge in [-0.2, -0.15) is 0 Å². The van der Waals surface area contributed by atoms with E-state index >= 15 is 0 Å². The largest absolute Gasteiger partial charge is 0.455 e. The monoisotopic (exact) mass is 601 g/mol. The van der Waals surface area contributed by atoms with Gasteiger partial charge in [0, 0.05) is 49.0 Å². The van der Waals surface area contributed by atoms with Gasteiger partial charge in [0.1, 0.15) is 22.3 Å². The Bertz CT molecular complexity index is 2800. The maximum absolute atomic E-state index is 6.77. The zero-order valence-corrected chi connectivity index (χ0v) is 25.4. The third kappa shape index (κ3) is 3.87. The first-order valence-corrected chi connectivity index (χ1v) is 15.9. The molecule has 10 rings (SSSR count). The SMILES string of the molecule is c1ccc(N(c2cccc3ccccc23)c2cc3c(oc4cccc(-c5cccc6c5oc5ccccc56)c43)c3ccccc23)cc1. The highest BCUT2D eigenvalue weighted by molar-refractivity contribution is 6.24. The number of anilines is 3. The van der Waals surface area contributed by atoms with Gasteiger partial charge in [-0.05, 0) is 47.3 Å². The van der Waals surface area contributed by atoms with Gasteiger partial charge in [0.25, 0.3) is 0 Å². The van der Waals surface area contributed by atoms with Crippen molar-refractivity contribution in [2.24, 2.45) is 0 Å². The number of para-hydroxylation sites is 3. The van der Waals surface area contributed by atoms with Crippen molar-refractivity contribution in [2.75, 3.05) is 4.90 Å². The van der Waals surface area contributed by atoms with Gasteiger partial charge in [0.2, 0.25) is 0 Å². The number of hydrogen-bond acceptors (Lipinski definition) is 3. The van der Waals surface area contributed by atoms with Crippen molar-refractivity contribution in [3.05, 3.63) is 164 Å². The Morgan fingerprint density at radius 2 is 0.957 bits per heavy atom. The molecule has 0 fully saturated rings. The summed E-state index contributed by atoms with van der Waals surface area (Å²) in [7, 11) is 0. The summed E-state index contributed by atoms with van der Waals surface area (Å²) >= 11 is 0. The Balaban J connectivity index is 1.33. The Labute approximate surface area is 270 Å². The van der Waals surface area contributed by atoms with Crippen molar-refractivity contribution in [1.82, 2.24) is 0 Å². The third-order valence-electron chi connectivity index (χ3n) is 9.44. The van der Waals surface area contributed by atoms with Crippen LogP contribution in [0.3, 0.4) is 0 Å². The summed E-state index contributed by atoms with van der Waals surface area (Å²) in [5.41, 5.74) is 8.96. The van der Waals surface area contributed by atoms with Crippen molar-refractivity contribution in [1.29, 1.82) is 0 Å². The van der Waals surface area contributed by atoms with E-state index in [1.807, 2.05) is 12.1 Å². The van der Waals surface area contributed by atoms with Crippen LogP contribution in [0.15, 0.2) is 173 Å². The fourth-order valence-corrected chi connectivity index (χ4v) is 7.39. The van der Waals surface area contributed by atoms with E-state index in [2.05, 4.69) is 157 Å². The molecule has 0 radical (unpaired) electrons. The summed E-state index contributed by atoms with van der Waals surface area (Å²) in [4.78, 5) is 2.39. The number of hydrogen-bond donors (Lipinski definition) is 0. The Kier molecular flexibility index (Phi) is 5.57. The van der Waals surface area contributed by atoms with E-state index in [0.717, 1.165) is 82.8 Å². The van der Waals surface area contributed by atoms with E-state index < -0.39 is 0 Å². The molecule has 3 nitrogen and oxygen atoms in total. The van der Waals surface area contributed by atoms with Crippen molar-refractivity contribution in [3.63, 3.8) is 0 Å². The molecule has 0 atom stereocenters. The molecular formula is C44H27NO2. The predicted molar refractivity (Wildman–Crippen MR) is 196 cm³/mol. The second kappa shape index (κ2) is 10.1. The standard InChI is InChI=1S/C44H27NO2/c1-2-15-29(16-3-1)45(38-24-10-14-28-13-4-5-17-30(28)38)39-27-37-42-33(21-12-26-41(42)47-44(37)34-20-7-6-18-31(34)39)36-23-11-22-35-32-19-8-9-25-40(32)46-43(35)36/h1-27H. The van der Waals surface area contributed by atoms with Crippen LogP contribution in [-0.2, 0) is 0 Å². The number of furan rings is 2. The van der Waals surface area contributed by atoms with E-state index in [1.165, 1.54) is 10.8 Å². The summed E-state index contributed by atoms with van der Waals surface area (Å²) in [5.74, 6) is 0. The summed E-state index contributed by atoms with van der Waals surface area (Å²) in [5, 5.41) is 8.97. The van der Waals surface area contributed by atoms with E-state index in [-0.39, 0.29) is 0 Å². The van der Waals surface area contributed by atoms with Gasteiger partial charge in [0.15, 0.2) is 0 Å². The second-order valence-electron chi connectivity index (χ2n) is 12.0. The number of benzene rings is 8. The quantitative estimate of drug-likeness (QED) is 0.201. The molecule has 3 heteroatoms. The summed E-state index contributed by atoms with van der Waals surface area (Å²) in [6, 6.07) is 57.7. The lowest BCUT2D eigenvalue weighted by atomic mass is 9.95. The van der Waals surface area contributed by atoms with Crippen molar-refractivity contribution >= 4 is 82.5 Å². The maximum atomic E-state index is 6.77. The average molecular weight is 602 g/mol. The lowest BCUT2D eigenvalue weighted by molar-refractivity contribution is 0.670. The van der Waals surface area contributed by atoms with Crippen LogP contribution in [0.2, 0.25) is 0 Å². The molecule has 0 N–H and O–H groups in total. The van der Waals surface area contributed by atoms with Crippen molar-refractivity contribution in [2.45, 2.75) is 0 Å². The molecule has 0 saturated carbocycles. The minimum Gasteiger partial charge on any atom is -0.455 e. The Morgan fingerprint density at radius 3 is 1.85 bits per heavy atom. The van der Waals surface area contributed by atoms with Crippen LogP contribution >= 0.6 is 0 Å². The van der Waals surface area contributed by atoms with Crippen LogP contribution in [-0.4, -0.2) is 0 Å². The van der Waals surface area contributed by atoms with Gasteiger partial charge in [-0.25, -0.2) is 0 Å². The van der Waals surface area contributed by atoms with Crippen molar-refractivity contribution < 1.29 is 8.83 Å². The topological polar surface area (TPSA) is 29.5 Å². The van der Waals surface area contributed by atoms with E-state index in [1.54, 1.807) is 0 Å². The summed E-state index contributed by atoms with van der Waals surface area (Å²) in [6.07, 6.45) is 0. The molecule has 0 unspecified atom stereocenters. The first-order chi connectivity index (χ1) is 23.3. The van der Waals surface area contributed by atoms with Crippen LogP contribution < -0.4 is 4.90 Å². The van der Waals surface area contributed by atoms with Gasteiger partial charge in [-0.1, -0.05) is 127 Å². The van der Waals surface area contributed by atoms with Gasteiger partial charge < -0.3 is 13.7 Å². The predicted octanol–water partition coefficient (Wildman–Crippen LogP) is 12.9. The molecule has 0 aliphatic rings. The normalized spacial score (nSPS) is 11.8. The van der Waals surface area contributed by atoms with Crippen LogP contribution in [0, 0.1) is 0 Å². The summed E-state index contributed by atoms with van der Waals surface area (Å²) < 4.78 is 13.3. The number of rotatable bonds is 4. The average Bonchev–Trinajstić information content (AvgIpc) is 3.71. The first kappa shape index (κ1) is 26.0. The fourth-order valence-electron chi connectivity index (χ4n) is 7.39. The minimum atomic E-state index is 0.851. The van der Waals surface area contributed by atoms with E-state index in [4.69, 9.17) is 8.83 Å². The molecular weight excluding hydrogens is 574 g/mol. The van der Waals surface area contributed by atoms with E-state index in [0.29, 0.717) is 0 Å². The molecule has 2 aromatic heterocycles. The highest BCUT2D eigenvalue weighted by atomic mass is 16.3. The molecule has 10 aromatic rings. The molecule has 0 spiro atoms. The van der Waals surface area contributed by atoms with Gasteiger partial charge in [-0.15, -0.1) is 0 Å². The number of nitrogens with zero attached hydrogens (tertiary/aromatic N) is 1. The van der Waals surface area contributed by atoms with E-state index in [9.17, 15) is 0 Å². The van der Waals surface area contributed by atoms with Gasteiger partial charge in [-0.3, -0.25) is 0 Å². The third-order valence-corrected chi connectivity index (χ3v) is 9.44. The van der Waals surface area contributed by atoms with Crippen LogP contribution in [0.4, 0.5) is 17.1 Å². The van der Waals surface area contributed by atoms with Crippen LogP contribution in [0.25, 0.3) is 76.5 Å². The molecule has 0 aliphatic heterocycles. The molecule has 0 saturated heterocycles. The molecule has 0 amide bonds. The fraction of sp³-hybridized carbons (Fsp3) is 0. The lowest BCUT2D eigenvalue weighted by Gasteiger charge is -2.28. The molecule has 8 aromatic carbocycles. The molecule has 0 bridgehead atoms. The van der Waals surface area contributed by atoms with Gasteiger partial charge >= 0.3 is 0 Å². The minimum absolute atomic E-state index is 0.851. The molecule has 2 heterocycles. The lowest BCUT2D eigenvalue weighted by Crippen LogP contribution is -2.11. The number of fused-ring (bicyclic) bond motifs is 9. The Hall–Kier alpha value is -6.32. The van der Waals surface area contributed by atoms with Crippen LogP contribution in [0.5, 0.6) is 0 Å². The second-order valence-corrected chi connectivity index (χ2v) is 12.0. The molecule has 0 aliphatic carbocycles. The highest BCUT2D eigenvalue weighted by Crippen LogP contribution is 2.48. The zero-order chi connectivity index (χ0) is 30.9.